The number of hydrogen-bond acceptors (Lipinski definition) is 4. The van der Waals surface area contributed by atoms with Crippen LogP contribution in [-0.4, -0.2) is 18.1 Å². The minimum Gasteiger partial charge on any atom is -0.497 e. The van der Waals surface area contributed by atoms with Gasteiger partial charge >= 0.3 is 0 Å². The summed E-state index contributed by atoms with van der Waals surface area (Å²) in [6.45, 7) is 3.96. The Labute approximate surface area is 166 Å². The topological polar surface area (TPSA) is 50.4 Å². The van der Waals surface area contributed by atoms with Gasteiger partial charge in [0.2, 0.25) is 0 Å². The summed E-state index contributed by atoms with van der Waals surface area (Å²) in [5.41, 5.74) is 2.99. The van der Waals surface area contributed by atoms with Crippen molar-refractivity contribution in [2.24, 2.45) is 0 Å². The summed E-state index contributed by atoms with van der Waals surface area (Å²) in [5, 5.41) is 7.26. The van der Waals surface area contributed by atoms with Gasteiger partial charge in [0.05, 0.1) is 12.1 Å². The Morgan fingerprint density at radius 1 is 1.19 bits per heavy atom. The summed E-state index contributed by atoms with van der Waals surface area (Å²) in [4.78, 5) is 13.0. The van der Waals surface area contributed by atoms with Gasteiger partial charge in [0.1, 0.15) is 10.6 Å². The molecule has 1 heterocycles. The number of nitrogens with one attached hydrogen (secondary N) is 2. The number of para-hydroxylation sites is 1. The maximum atomic E-state index is 12.6. The number of methoxy groups -OCH3 is 1. The van der Waals surface area contributed by atoms with Crippen LogP contribution in [0.2, 0.25) is 5.02 Å². The fraction of sp³-hybridized carbons (Fsp3) is 0.158. The summed E-state index contributed by atoms with van der Waals surface area (Å²) in [5.74, 6) is 0.383. The fourth-order valence-electron chi connectivity index (χ4n) is 2.63. The lowest BCUT2D eigenvalue weighted by Crippen LogP contribution is -2.34. The van der Waals surface area contributed by atoms with Crippen LogP contribution < -0.4 is 15.4 Å². The molecule has 0 aliphatic rings. The van der Waals surface area contributed by atoms with E-state index in [0.29, 0.717) is 9.90 Å². The molecule has 1 amide bonds. The van der Waals surface area contributed by atoms with Crippen LogP contribution in [0, 0.1) is 13.8 Å². The van der Waals surface area contributed by atoms with Crippen molar-refractivity contribution in [3.05, 3.63) is 57.4 Å². The summed E-state index contributed by atoms with van der Waals surface area (Å²) >= 11 is 13.0. The molecule has 134 valence electrons. The molecule has 7 heteroatoms. The molecule has 26 heavy (non-hydrogen) atoms. The van der Waals surface area contributed by atoms with Crippen molar-refractivity contribution in [1.82, 2.24) is 5.32 Å². The van der Waals surface area contributed by atoms with Crippen LogP contribution >= 0.6 is 35.2 Å². The number of thiocarbonyl (C=S) groups is 1. The first-order valence-electron chi connectivity index (χ1n) is 7.85. The molecular formula is C19H17ClN2O2S2. The predicted octanol–water partition coefficient (Wildman–Crippen LogP) is 5.31. The van der Waals surface area contributed by atoms with E-state index >= 15 is 0 Å². The summed E-state index contributed by atoms with van der Waals surface area (Å²) in [6, 6.07) is 11.5. The fourth-order valence-corrected chi connectivity index (χ4v) is 4.27. The maximum absolute atomic E-state index is 12.6. The van der Waals surface area contributed by atoms with Crippen LogP contribution in [0.4, 0.5) is 5.69 Å². The van der Waals surface area contributed by atoms with E-state index in [2.05, 4.69) is 10.6 Å². The lowest BCUT2D eigenvalue weighted by atomic mass is 10.1. The molecule has 0 saturated carbocycles. The van der Waals surface area contributed by atoms with Crippen LogP contribution in [0.15, 0.2) is 36.4 Å². The number of carbonyl (C=O) groups excluding carboxylic acids is 1. The SMILES string of the molecule is COc1ccc2c(Cl)c(C(=O)NC(=S)Nc3c(C)cccc3C)sc2c1. The van der Waals surface area contributed by atoms with Gasteiger partial charge in [-0.3, -0.25) is 10.1 Å². The molecule has 0 unspecified atom stereocenters. The normalized spacial score (nSPS) is 10.6. The van der Waals surface area contributed by atoms with E-state index in [1.807, 2.05) is 50.2 Å². The lowest BCUT2D eigenvalue weighted by molar-refractivity contribution is 0.0982. The Hall–Kier alpha value is -2.15. The highest BCUT2D eigenvalue weighted by Gasteiger charge is 2.19. The van der Waals surface area contributed by atoms with Crippen molar-refractivity contribution >= 4 is 61.9 Å². The highest BCUT2D eigenvalue weighted by molar-refractivity contribution is 7.80. The highest BCUT2D eigenvalue weighted by Crippen LogP contribution is 2.37. The van der Waals surface area contributed by atoms with Gasteiger partial charge in [-0.05, 0) is 55.4 Å². The van der Waals surface area contributed by atoms with Crippen molar-refractivity contribution in [3.63, 3.8) is 0 Å². The Morgan fingerprint density at radius 3 is 2.54 bits per heavy atom. The number of amides is 1. The molecule has 0 bridgehead atoms. The van der Waals surface area contributed by atoms with Crippen LogP contribution in [0.3, 0.4) is 0 Å². The number of anilines is 1. The van der Waals surface area contributed by atoms with Gasteiger partial charge in [-0.2, -0.15) is 0 Å². The van der Waals surface area contributed by atoms with E-state index in [-0.39, 0.29) is 11.0 Å². The molecule has 0 saturated heterocycles. The zero-order chi connectivity index (χ0) is 18.8. The lowest BCUT2D eigenvalue weighted by Gasteiger charge is -2.13. The van der Waals surface area contributed by atoms with E-state index in [1.165, 1.54) is 11.3 Å². The molecule has 3 rings (SSSR count). The Balaban J connectivity index is 1.80. The van der Waals surface area contributed by atoms with E-state index in [1.54, 1.807) is 7.11 Å². The van der Waals surface area contributed by atoms with Crippen LogP contribution in [0.5, 0.6) is 5.75 Å². The van der Waals surface area contributed by atoms with E-state index in [9.17, 15) is 4.79 Å². The number of carbonyl (C=O) groups is 1. The number of thiophene rings is 1. The predicted molar refractivity (Wildman–Crippen MR) is 113 cm³/mol. The van der Waals surface area contributed by atoms with Crippen LogP contribution in [-0.2, 0) is 0 Å². The van der Waals surface area contributed by atoms with Crippen molar-refractivity contribution in [1.29, 1.82) is 0 Å². The van der Waals surface area contributed by atoms with Crippen molar-refractivity contribution < 1.29 is 9.53 Å². The van der Waals surface area contributed by atoms with Gasteiger partial charge in [-0.25, -0.2) is 0 Å². The summed E-state index contributed by atoms with van der Waals surface area (Å²) < 4.78 is 6.10. The minimum absolute atomic E-state index is 0.235. The van der Waals surface area contributed by atoms with Crippen LogP contribution in [0.25, 0.3) is 10.1 Å². The van der Waals surface area contributed by atoms with Crippen molar-refractivity contribution in [2.75, 3.05) is 12.4 Å². The third kappa shape index (κ3) is 3.67. The number of halogens is 1. The monoisotopic (exact) mass is 404 g/mol. The second-order valence-corrected chi connectivity index (χ2v) is 7.62. The third-order valence-corrected chi connectivity index (χ3v) is 5.85. The van der Waals surface area contributed by atoms with E-state index in [4.69, 9.17) is 28.6 Å². The van der Waals surface area contributed by atoms with Crippen molar-refractivity contribution in [2.45, 2.75) is 13.8 Å². The Kier molecular flexibility index (Phi) is 5.46. The van der Waals surface area contributed by atoms with E-state index < -0.39 is 0 Å². The highest BCUT2D eigenvalue weighted by atomic mass is 35.5. The summed E-state index contributed by atoms with van der Waals surface area (Å²) in [6.07, 6.45) is 0. The van der Waals surface area contributed by atoms with Gasteiger partial charge in [-0.15, -0.1) is 11.3 Å². The second-order valence-electron chi connectivity index (χ2n) is 5.78. The molecule has 1 aromatic heterocycles. The maximum Gasteiger partial charge on any atom is 0.269 e. The smallest absolute Gasteiger partial charge is 0.269 e. The van der Waals surface area contributed by atoms with Gasteiger partial charge in [-0.1, -0.05) is 29.8 Å². The number of hydrogen-bond donors (Lipinski definition) is 2. The first kappa shape index (κ1) is 18.6. The van der Waals surface area contributed by atoms with E-state index in [0.717, 1.165) is 32.6 Å². The minimum atomic E-state index is -0.334. The number of aryl methyl sites for hydroxylation is 2. The average Bonchev–Trinajstić information content (AvgIpc) is 2.94. The van der Waals surface area contributed by atoms with Crippen molar-refractivity contribution in [3.8, 4) is 5.75 Å². The van der Waals surface area contributed by atoms with Crippen LogP contribution in [0.1, 0.15) is 20.8 Å². The molecule has 3 aromatic rings. The molecule has 0 aliphatic heterocycles. The molecule has 0 atom stereocenters. The number of benzene rings is 2. The number of ether oxygens (including phenoxy) is 1. The molecule has 0 fully saturated rings. The molecule has 0 radical (unpaired) electrons. The zero-order valence-electron chi connectivity index (χ0n) is 14.5. The zero-order valence-corrected chi connectivity index (χ0v) is 16.9. The Bertz CT molecular complexity index is 994. The number of fused-ring (bicyclic) bond motifs is 1. The average molecular weight is 405 g/mol. The third-order valence-electron chi connectivity index (χ3n) is 3.99. The van der Waals surface area contributed by atoms with Gasteiger partial charge in [0, 0.05) is 15.8 Å². The molecule has 4 nitrogen and oxygen atoms in total. The first-order chi connectivity index (χ1) is 12.4. The first-order valence-corrected chi connectivity index (χ1v) is 9.45. The standard InChI is InChI=1S/C19H17ClN2O2S2/c1-10-5-4-6-11(2)16(10)21-19(25)22-18(23)17-15(20)13-8-7-12(24-3)9-14(13)26-17/h4-9H,1-3H3,(H2,21,22,23,25). The molecular weight excluding hydrogens is 388 g/mol. The molecule has 2 aromatic carbocycles. The quantitative estimate of drug-likeness (QED) is 0.581. The Morgan fingerprint density at radius 2 is 1.88 bits per heavy atom. The van der Waals surface area contributed by atoms with Gasteiger partial charge < -0.3 is 10.1 Å². The van der Waals surface area contributed by atoms with Gasteiger partial charge in [0.15, 0.2) is 5.11 Å². The second kappa shape index (κ2) is 7.61. The molecule has 0 aliphatic carbocycles. The molecule has 0 spiro atoms. The largest absolute Gasteiger partial charge is 0.497 e. The summed E-state index contributed by atoms with van der Waals surface area (Å²) in [7, 11) is 1.60. The van der Waals surface area contributed by atoms with Gasteiger partial charge in [0.25, 0.3) is 5.91 Å². The number of rotatable bonds is 3. The molecule has 2 N–H and O–H groups in total.